The van der Waals surface area contributed by atoms with Crippen molar-refractivity contribution in [1.82, 2.24) is 4.90 Å². The lowest BCUT2D eigenvalue weighted by Crippen LogP contribution is -2.41. The topological polar surface area (TPSA) is 20.3 Å². The minimum atomic E-state index is 0.00426. The van der Waals surface area contributed by atoms with Crippen molar-refractivity contribution in [3.8, 4) is 0 Å². The average Bonchev–Trinajstić information content (AvgIpc) is 2.77. The summed E-state index contributed by atoms with van der Waals surface area (Å²) in [5.74, 6) is 0.256. The molecule has 18 heavy (non-hydrogen) atoms. The Morgan fingerprint density at radius 3 is 2.61 bits per heavy atom. The van der Waals surface area contributed by atoms with Crippen LogP contribution in [0.15, 0.2) is 18.2 Å². The van der Waals surface area contributed by atoms with Crippen molar-refractivity contribution in [3.05, 3.63) is 34.9 Å². The van der Waals surface area contributed by atoms with Gasteiger partial charge < -0.3 is 0 Å². The summed E-state index contributed by atoms with van der Waals surface area (Å²) >= 11 is 0. The molecule has 2 nitrogen and oxygen atoms in total. The summed E-state index contributed by atoms with van der Waals surface area (Å²) in [7, 11) is 0. The molecule has 98 valence electrons. The van der Waals surface area contributed by atoms with Gasteiger partial charge in [-0.3, -0.25) is 9.69 Å². The zero-order valence-corrected chi connectivity index (χ0v) is 11.9. The second kappa shape index (κ2) is 5.23. The molecule has 2 atom stereocenters. The van der Waals surface area contributed by atoms with Crippen LogP contribution in [0.25, 0.3) is 0 Å². The molecule has 0 aromatic heterocycles. The fourth-order valence-electron chi connectivity index (χ4n) is 2.82. The lowest BCUT2D eigenvalue weighted by Gasteiger charge is -2.27. The van der Waals surface area contributed by atoms with Gasteiger partial charge in [-0.1, -0.05) is 12.1 Å². The lowest BCUT2D eigenvalue weighted by atomic mass is 9.99. The maximum absolute atomic E-state index is 12.5. The number of rotatable bonds is 3. The van der Waals surface area contributed by atoms with E-state index in [0.717, 1.165) is 12.1 Å². The molecule has 1 aliphatic rings. The van der Waals surface area contributed by atoms with E-state index in [4.69, 9.17) is 0 Å². The van der Waals surface area contributed by atoms with Crippen LogP contribution in [-0.4, -0.2) is 29.3 Å². The number of benzene rings is 1. The Morgan fingerprint density at radius 1 is 1.33 bits per heavy atom. The van der Waals surface area contributed by atoms with Crippen LogP contribution >= 0.6 is 0 Å². The summed E-state index contributed by atoms with van der Waals surface area (Å²) in [6.07, 6.45) is 2.43. The van der Waals surface area contributed by atoms with Crippen LogP contribution in [0.3, 0.4) is 0 Å². The number of carbonyl (C=O) groups excluding carboxylic acids is 1. The Kier molecular flexibility index (Phi) is 3.86. The maximum atomic E-state index is 12.5. The number of carbonyl (C=O) groups is 1. The highest BCUT2D eigenvalue weighted by Gasteiger charge is 2.29. The number of nitrogens with zero attached hydrogens (tertiary/aromatic N) is 1. The van der Waals surface area contributed by atoms with Crippen molar-refractivity contribution in [1.29, 1.82) is 0 Å². The summed E-state index contributed by atoms with van der Waals surface area (Å²) in [5.41, 5.74) is 3.29. The molecule has 1 saturated heterocycles. The third-order valence-corrected chi connectivity index (χ3v) is 4.27. The summed E-state index contributed by atoms with van der Waals surface area (Å²) in [5, 5.41) is 0. The van der Waals surface area contributed by atoms with Crippen LogP contribution in [-0.2, 0) is 0 Å². The molecule has 2 unspecified atom stereocenters. The second-order valence-corrected chi connectivity index (χ2v) is 5.57. The zero-order chi connectivity index (χ0) is 13.3. The molecule has 2 heteroatoms. The van der Waals surface area contributed by atoms with Crippen molar-refractivity contribution in [2.75, 3.05) is 6.54 Å². The largest absolute Gasteiger partial charge is 0.292 e. The monoisotopic (exact) mass is 245 g/mol. The molecular formula is C16H23NO. The molecule has 1 aliphatic heterocycles. The molecule has 1 aromatic rings. The first-order valence-corrected chi connectivity index (χ1v) is 6.88. The van der Waals surface area contributed by atoms with Crippen LogP contribution in [0.5, 0.6) is 0 Å². The standard InChI is InChI=1S/C16H23NO/c1-11-7-8-15(10-12(11)2)16(18)14(4)17-9-5-6-13(17)3/h7-8,10,13-14H,5-6,9H2,1-4H3. The van der Waals surface area contributed by atoms with Crippen molar-refractivity contribution in [3.63, 3.8) is 0 Å². The molecular weight excluding hydrogens is 222 g/mol. The number of Topliss-reactive ketones (excluding diaryl/α,β-unsaturated/α-hetero) is 1. The molecule has 0 N–H and O–H groups in total. The van der Waals surface area contributed by atoms with E-state index in [1.54, 1.807) is 0 Å². The third-order valence-electron chi connectivity index (χ3n) is 4.27. The van der Waals surface area contributed by atoms with Crippen molar-refractivity contribution in [2.45, 2.75) is 52.6 Å². The van der Waals surface area contributed by atoms with E-state index in [1.165, 1.54) is 24.0 Å². The first-order chi connectivity index (χ1) is 8.50. The Balaban J connectivity index is 2.17. The molecule has 0 aliphatic carbocycles. The summed E-state index contributed by atoms with van der Waals surface area (Å²) < 4.78 is 0. The minimum Gasteiger partial charge on any atom is -0.292 e. The minimum absolute atomic E-state index is 0.00426. The predicted octanol–water partition coefficient (Wildman–Crippen LogP) is 3.36. The molecule has 0 spiro atoms. The fraction of sp³-hybridized carbons (Fsp3) is 0.562. The van der Waals surface area contributed by atoms with Crippen LogP contribution < -0.4 is 0 Å². The van der Waals surface area contributed by atoms with Gasteiger partial charge in [0.05, 0.1) is 6.04 Å². The fourth-order valence-corrected chi connectivity index (χ4v) is 2.82. The molecule has 2 rings (SSSR count). The smallest absolute Gasteiger partial charge is 0.179 e. The highest BCUT2D eigenvalue weighted by Crippen LogP contribution is 2.22. The summed E-state index contributed by atoms with van der Waals surface area (Å²) in [6, 6.07) is 6.57. The second-order valence-electron chi connectivity index (χ2n) is 5.57. The van der Waals surface area contributed by atoms with Gasteiger partial charge in [0.2, 0.25) is 0 Å². The van der Waals surface area contributed by atoms with Crippen LogP contribution in [0, 0.1) is 13.8 Å². The highest BCUT2D eigenvalue weighted by molar-refractivity contribution is 6.00. The van der Waals surface area contributed by atoms with E-state index in [2.05, 4.69) is 25.7 Å². The molecule has 1 heterocycles. The quantitative estimate of drug-likeness (QED) is 0.761. The van der Waals surface area contributed by atoms with Gasteiger partial charge in [-0.25, -0.2) is 0 Å². The van der Waals surface area contributed by atoms with Gasteiger partial charge in [-0.2, -0.15) is 0 Å². The van der Waals surface area contributed by atoms with Crippen molar-refractivity contribution >= 4 is 5.78 Å². The van der Waals surface area contributed by atoms with Crippen molar-refractivity contribution < 1.29 is 4.79 Å². The summed E-state index contributed by atoms with van der Waals surface area (Å²) in [4.78, 5) is 14.8. The Bertz CT molecular complexity index is 452. The normalized spacial score (nSPS) is 22.1. The molecule has 1 fully saturated rings. The third kappa shape index (κ3) is 2.49. The molecule has 0 radical (unpaired) electrons. The van der Waals surface area contributed by atoms with E-state index < -0.39 is 0 Å². The Labute approximate surface area is 110 Å². The van der Waals surface area contributed by atoms with E-state index in [1.807, 2.05) is 25.1 Å². The van der Waals surface area contributed by atoms with Crippen LogP contribution in [0.2, 0.25) is 0 Å². The van der Waals surface area contributed by atoms with E-state index in [-0.39, 0.29) is 11.8 Å². The predicted molar refractivity (Wildman–Crippen MR) is 75.1 cm³/mol. The van der Waals surface area contributed by atoms with E-state index in [9.17, 15) is 4.79 Å². The SMILES string of the molecule is Cc1ccc(C(=O)C(C)N2CCCC2C)cc1C. The average molecular weight is 245 g/mol. The van der Waals surface area contributed by atoms with Gasteiger partial charge in [0, 0.05) is 11.6 Å². The van der Waals surface area contributed by atoms with Crippen LogP contribution in [0.1, 0.15) is 48.2 Å². The van der Waals surface area contributed by atoms with Gasteiger partial charge in [-0.15, -0.1) is 0 Å². The van der Waals surface area contributed by atoms with Crippen molar-refractivity contribution in [2.24, 2.45) is 0 Å². The molecule has 1 aromatic carbocycles. The number of hydrogen-bond acceptors (Lipinski definition) is 2. The molecule has 0 saturated carbocycles. The first kappa shape index (κ1) is 13.3. The van der Waals surface area contributed by atoms with Crippen LogP contribution in [0.4, 0.5) is 0 Å². The first-order valence-electron chi connectivity index (χ1n) is 6.88. The zero-order valence-electron chi connectivity index (χ0n) is 11.9. The van der Waals surface area contributed by atoms with Gasteiger partial charge in [0.25, 0.3) is 0 Å². The molecule has 0 amide bonds. The van der Waals surface area contributed by atoms with E-state index >= 15 is 0 Å². The number of hydrogen-bond donors (Lipinski definition) is 0. The van der Waals surface area contributed by atoms with Gasteiger partial charge in [-0.05, 0) is 64.3 Å². The summed E-state index contributed by atoms with van der Waals surface area (Å²) in [6.45, 7) is 9.46. The Morgan fingerprint density at radius 2 is 2.06 bits per heavy atom. The van der Waals surface area contributed by atoms with Gasteiger partial charge in [0.15, 0.2) is 5.78 Å². The Hall–Kier alpha value is -1.15. The lowest BCUT2D eigenvalue weighted by molar-refractivity contribution is 0.0829. The van der Waals surface area contributed by atoms with Gasteiger partial charge >= 0.3 is 0 Å². The van der Waals surface area contributed by atoms with Gasteiger partial charge in [0.1, 0.15) is 0 Å². The highest BCUT2D eigenvalue weighted by atomic mass is 16.1. The number of likely N-dealkylation sites (tertiary alicyclic amines) is 1. The van der Waals surface area contributed by atoms with E-state index in [0.29, 0.717) is 6.04 Å². The maximum Gasteiger partial charge on any atom is 0.179 e. The number of aryl methyl sites for hydroxylation is 2. The molecule has 0 bridgehead atoms. The number of ketones is 1.